The van der Waals surface area contributed by atoms with Gasteiger partial charge in [0, 0.05) is 19.2 Å². The number of likely N-dealkylation sites (tertiary alicyclic amines) is 1. The van der Waals surface area contributed by atoms with Crippen LogP contribution < -0.4 is 0 Å². The Morgan fingerprint density at radius 1 is 1.28 bits per heavy atom. The third kappa shape index (κ3) is 3.62. The second-order valence-electron chi connectivity index (χ2n) is 6.92. The molecule has 0 aliphatic carbocycles. The van der Waals surface area contributed by atoms with Crippen LogP contribution in [0.5, 0.6) is 0 Å². The maximum Gasteiger partial charge on any atom is 0.416 e. The van der Waals surface area contributed by atoms with Crippen LogP contribution in [-0.4, -0.2) is 37.1 Å². The number of halogens is 3. The first kappa shape index (κ1) is 19.2. The van der Waals surface area contributed by atoms with Gasteiger partial charge in [0.05, 0.1) is 11.6 Å². The SMILES string of the molecule is Cn1cnnc1C1CCCCN1C(=O)c1ncoc1-c1cccc(C(F)(F)F)c1. The van der Waals surface area contributed by atoms with Gasteiger partial charge in [-0.1, -0.05) is 12.1 Å². The largest absolute Gasteiger partial charge is 0.443 e. The van der Waals surface area contributed by atoms with E-state index in [-0.39, 0.29) is 23.1 Å². The van der Waals surface area contributed by atoms with Gasteiger partial charge in [-0.2, -0.15) is 13.2 Å². The predicted octanol–water partition coefficient (Wildman–Crippen LogP) is 3.86. The topological polar surface area (TPSA) is 77.1 Å². The van der Waals surface area contributed by atoms with E-state index in [2.05, 4.69) is 15.2 Å². The van der Waals surface area contributed by atoms with E-state index >= 15 is 0 Å². The highest BCUT2D eigenvalue weighted by atomic mass is 19.4. The molecule has 0 radical (unpaired) electrons. The average molecular weight is 405 g/mol. The number of amides is 1. The molecule has 3 heterocycles. The van der Waals surface area contributed by atoms with Crippen LogP contribution in [0, 0.1) is 0 Å². The highest BCUT2D eigenvalue weighted by molar-refractivity contribution is 5.98. The summed E-state index contributed by atoms with van der Waals surface area (Å²) in [5, 5.41) is 8.01. The lowest BCUT2D eigenvalue weighted by Crippen LogP contribution is -2.40. The Labute approximate surface area is 164 Å². The standard InChI is InChI=1S/C19H18F3N5O2/c1-26-10-24-25-17(26)14-7-2-3-8-27(14)18(28)15-16(29-11-23-15)12-5-4-6-13(9-12)19(20,21)22/h4-6,9-11,14H,2-3,7-8H2,1H3. The molecule has 2 aromatic heterocycles. The molecule has 0 saturated carbocycles. The summed E-state index contributed by atoms with van der Waals surface area (Å²) >= 11 is 0. The smallest absolute Gasteiger partial charge is 0.416 e. The van der Waals surface area contributed by atoms with E-state index in [1.807, 2.05) is 0 Å². The molecule has 1 aliphatic rings. The molecule has 7 nitrogen and oxygen atoms in total. The Hall–Kier alpha value is -3.17. The summed E-state index contributed by atoms with van der Waals surface area (Å²) in [5.41, 5.74) is -0.689. The van der Waals surface area contributed by atoms with E-state index in [0.29, 0.717) is 12.4 Å². The molecule has 0 N–H and O–H groups in total. The summed E-state index contributed by atoms with van der Waals surface area (Å²) < 4.78 is 46.3. The minimum atomic E-state index is -4.50. The first-order valence-corrected chi connectivity index (χ1v) is 9.12. The van der Waals surface area contributed by atoms with Crippen molar-refractivity contribution >= 4 is 5.91 Å². The fraction of sp³-hybridized carbons (Fsp3) is 0.368. The van der Waals surface area contributed by atoms with E-state index in [0.717, 1.165) is 37.8 Å². The van der Waals surface area contributed by atoms with Crippen molar-refractivity contribution in [2.75, 3.05) is 6.54 Å². The maximum atomic E-state index is 13.3. The third-order valence-electron chi connectivity index (χ3n) is 5.03. The van der Waals surface area contributed by atoms with Crippen LogP contribution in [0.25, 0.3) is 11.3 Å². The molecule has 1 aliphatic heterocycles. The van der Waals surface area contributed by atoms with Crippen LogP contribution in [0.1, 0.15) is 47.2 Å². The zero-order valence-electron chi connectivity index (χ0n) is 15.6. The molecule has 1 atom stereocenters. The highest BCUT2D eigenvalue weighted by Gasteiger charge is 2.35. The van der Waals surface area contributed by atoms with Crippen LogP contribution in [0.15, 0.2) is 41.4 Å². The number of benzene rings is 1. The van der Waals surface area contributed by atoms with Gasteiger partial charge in [0.1, 0.15) is 6.33 Å². The normalized spacial score (nSPS) is 17.5. The zero-order chi connectivity index (χ0) is 20.6. The van der Waals surface area contributed by atoms with Gasteiger partial charge in [0.25, 0.3) is 5.91 Å². The molecule has 10 heteroatoms. The summed E-state index contributed by atoms with van der Waals surface area (Å²) in [4.78, 5) is 18.9. The number of alkyl halides is 3. The van der Waals surface area contributed by atoms with Gasteiger partial charge in [0.15, 0.2) is 23.7 Å². The number of hydrogen-bond acceptors (Lipinski definition) is 5. The second-order valence-corrected chi connectivity index (χ2v) is 6.92. The Kier molecular flexibility index (Phi) is 4.85. The van der Waals surface area contributed by atoms with Gasteiger partial charge in [0.2, 0.25) is 0 Å². The number of carbonyl (C=O) groups is 1. The fourth-order valence-corrected chi connectivity index (χ4v) is 3.61. The van der Waals surface area contributed by atoms with Crippen molar-refractivity contribution in [3.05, 3.63) is 54.1 Å². The quantitative estimate of drug-likeness (QED) is 0.661. The first-order valence-electron chi connectivity index (χ1n) is 9.12. The molecule has 152 valence electrons. The van der Waals surface area contributed by atoms with Crippen molar-refractivity contribution in [3.63, 3.8) is 0 Å². The minimum absolute atomic E-state index is 0.0154. The highest BCUT2D eigenvalue weighted by Crippen LogP contribution is 2.35. The van der Waals surface area contributed by atoms with Crippen LogP contribution >= 0.6 is 0 Å². The molecule has 1 amide bonds. The monoisotopic (exact) mass is 405 g/mol. The molecular weight excluding hydrogens is 387 g/mol. The van der Waals surface area contributed by atoms with E-state index < -0.39 is 17.6 Å². The molecular formula is C19H18F3N5O2. The summed E-state index contributed by atoms with van der Waals surface area (Å²) in [7, 11) is 1.80. The van der Waals surface area contributed by atoms with E-state index in [1.54, 1.807) is 22.8 Å². The lowest BCUT2D eigenvalue weighted by Gasteiger charge is -2.34. The lowest BCUT2D eigenvalue weighted by molar-refractivity contribution is -0.137. The van der Waals surface area contributed by atoms with Crippen LogP contribution in [0.3, 0.4) is 0 Å². The number of aryl methyl sites for hydroxylation is 1. The molecule has 4 rings (SSSR count). The second kappa shape index (κ2) is 7.34. The van der Waals surface area contributed by atoms with Crippen molar-refractivity contribution in [2.45, 2.75) is 31.5 Å². The molecule has 29 heavy (non-hydrogen) atoms. The maximum absolute atomic E-state index is 13.3. The van der Waals surface area contributed by atoms with E-state index in [4.69, 9.17) is 4.42 Å². The van der Waals surface area contributed by atoms with Crippen molar-refractivity contribution in [2.24, 2.45) is 7.05 Å². The van der Waals surface area contributed by atoms with E-state index in [9.17, 15) is 18.0 Å². The van der Waals surface area contributed by atoms with Crippen LogP contribution in [-0.2, 0) is 13.2 Å². The van der Waals surface area contributed by atoms with Gasteiger partial charge in [-0.3, -0.25) is 4.79 Å². The number of hydrogen-bond donors (Lipinski definition) is 0. The van der Waals surface area contributed by atoms with Crippen molar-refractivity contribution in [3.8, 4) is 11.3 Å². The van der Waals surface area contributed by atoms with Gasteiger partial charge in [-0.15, -0.1) is 10.2 Å². The number of aromatic nitrogens is 4. The number of carbonyl (C=O) groups excluding carboxylic acids is 1. The number of piperidine rings is 1. The van der Waals surface area contributed by atoms with Crippen molar-refractivity contribution in [1.82, 2.24) is 24.6 Å². The Morgan fingerprint density at radius 2 is 2.10 bits per heavy atom. The third-order valence-corrected chi connectivity index (χ3v) is 5.03. The van der Waals surface area contributed by atoms with Crippen LogP contribution in [0.2, 0.25) is 0 Å². The zero-order valence-corrected chi connectivity index (χ0v) is 15.6. The van der Waals surface area contributed by atoms with Gasteiger partial charge >= 0.3 is 6.18 Å². The Bertz CT molecular complexity index is 1030. The molecule has 1 aromatic carbocycles. The molecule has 3 aromatic rings. The van der Waals surface area contributed by atoms with Gasteiger partial charge in [-0.25, -0.2) is 4.98 Å². The summed E-state index contributed by atoms with van der Waals surface area (Å²) in [6.45, 7) is 0.491. The molecule has 1 saturated heterocycles. The summed E-state index contributed by atoms with van der Waals surface area (Å²) in [6.07, 6.45) is 0.608. The van der Waals surface area contributed by atoms with Gasteiger partial charge in [-0.05, 0) is 31.4 Å². The minimum Gasteiger partial charge on any atom is -0.443 e. The van der Waals surface area contributed by atoms with Crippen molar-refractivity contribution in [1.29, 1.82) is 0 Å². The average Bonchev–Trinajstić information content (AvgIpc) is 3.36. The molecule has 1 fully saturated rings. The molecule has 1 unspecified atom stereocenters. The summed E-state index contributed by atoms with van der Waals surface area (Å²) in [5.74, 6) is 0.268. The first-order chi connectivity index (χ1) is 13.9. The molecule has 0 spiro atoms. The fourth-order valence-electron chi connectivity index (χ4n) is 3.61. The Morgan fingerprint density at radius 3 is 2.83 bits per heavy atom. The number of oxazole rings is 1. The van der Waals surface area contributed by atoms with Crippen LogP contribution in [0.4, 0.5) is 13.2 Å². The molecule has 0 bridgehead atoms. The van der Waals surface area contributed by atoms with Crippen molar-refractivity contribution < 1.29 is 22.4 Å². The Balaban J connectivity index is 1.69. The number of nitrogens with zero attached hydrogens (tertiary/aromatic N) is 5. The predicted molar refractivity (Wildman–Crippen MR) is 95.6 cm³/mol. The van der Waals surface area contributed by atoms with E-state index in [1.165, 1.54) is 12.1 Å². The summed E-state index contributed by atoms with van der Waals surface area (Å²) in [6, 6.07) is 4.37. The lowest BCUT2D eigenvalue weighted by atomic mass is 10.00. The van der Waals surface area contributed by atoms with Gasteiger partial charge < -0.3 is 13.9 Å². The number of rotatable bonds is 3.